The Morgan fingerprint density at radius 2 is 2.07 bits per heavy atom. The van der Waals surface area contributed by atoms with Crippen molar-refractivity contribution >= 4 is 15.9 Å². The highest BCUT2D eigenvalue weighted by Crippen LogP contribution is 2.33. The Morgan fingerprint density at radius 1 is 1.43 bits per heavy atom. The molecule has 3 N–H and O–H groups in total. The van der Waals surface area contributed by atoms with Crippen molar-refractivity contribution in [3.8, 4) is 5.75 Å². The average Bonchev–Trinajstić information content (AvgIpc) is 2.18. The van der Waals surface area contributed by atoms with Crippen LogP contribution in [0.3, 0.4) is 0 Å². The molecular weight excluding hydrogens is 242 g/mol. The Labute approximate surface area is 93.3 Å². The molecule has 2 nitrogen and oxygen atoms in total. The summed E-state index contributed by atoms with van der Waals surface area (Å²) in [6.07, 6.45) is 1.74. The fraction of sp³-hybridized carbons (Fsp3) is 0.455. The van der Waals surface area contributed by atoms with Gasteiger partial charge in [-0.15, -0.1) is 0 Å². The Bertz CT molecular complexity index is 337. The van der Waals surface area contributed by atoms with Crippen LogP contribution in [0.15, 0.2) is 10.5 Å². The van der Waals surface area contributed by atoms with Gasteiger partial charge in [0.25, 0.3) is 0 Å². The van der Waals surface area contributed by atoms with Crippen molar-refractivity contribution in [1.29, 1.82) is 0 Å². The summed E-state index contributed by atoms with van der Waals surface area (Å²) in [6, 6.07) is 2.03. The molecule has 1 aromatic rings. The van der Waals surface area contributed by atoms with E-state index < -0.39 is 0 Å². The van der Waals surface area contributed by atoms with Crippen LogP contribution in [0.4, 0.5) is 0 Å². The van der Waals surface area contributed by atoms with E-state index in [1.165, 1.54) is 5.56 Å². The molecule has 0 amide bonds. The molecule has 14 heavy (non-hydrogen) atoms. The lowest BCUT2D eigenvalue weighted by molar-refractivity contribution is 0.463. The van der Waals surface area contributed by atoms with E-state index in [1.54, 1.807) is 0 Å². The third-order valence-electron chi connectivity index (χ3n) is 2.47. The van der Waals surface area contributed by atoms with E-state index >= 15 is 0 Å². The second kappa shape index (κ2) is 4.80. The van der Waals surface area contributed by atoms with Crippen LogP contribution in [0.25, 0.3) is 0 Å². The predicted molar refractivity (Wildman–Crippen MR) is 62.7 cm³/mol. The minimum Gasteiger partial charge on any atom is -0.506 e. The molecule has 0 radical (unpaired) electrons. The molecule has 1 aromatic carbocycles. The lowest BCUT2D eigenvalue weighted by Crippen LogP contribution is -2.01. The molecule has 0 aliphatic carbocycles. The van der Waals surface area contributed by atoms with Gasteiger partial charge in [-0.2, -0.15) is 0 Å². The van der Waals surface area contributed by atoms with Crippen molar-refractivity contribution in [2.45, 2.75) is 26.7 Å². The maximum absolute atomic E-state index is 9.84. The smallest absolute Gasteiger partial charge is 0.133 e. The van der Waals surface area contributed by atoms with Crippen molar-refractivity contribution in [1.82, 2.24) is 0 Å². The van der Waals surface area contributed by atoms with Crippen molar-refractivity contribution < 1.29 is 5.11 Å². The molecule has 0 aliphatic heterocycles. The van der Waals surface area contributed by atoms with E-state index in [9.17, 15) is 5.11 Å². The van der Waals surface area contributed by atoms with Crippen LogP contribution in [0, 0.1) is 13.8 Å². The van der Waals surface area contributed by atoms with Gasteiger partial charge in [0.1, 0.15) is 5.75 Å². The minimum absolute atomic E-state index is 0.363. The summed E-state index contributed by atoms with van der Waals surface area (Å²) in [5.74, 6) is 0.363. The zero-order valence-corrected chi connectivity index (χ0v) is 10.2. The Balaban J connectivity index is 3.06. The summed E-state index contributed by atoms with van der Waals surface area (Å²) in [6.45, 7) is 4.70. The van der Waals surface area contributed by atoms with Gasteiger partial charge in [0, 0.05) is 0 Å². The van der Waals surface area contributed by atoms with Gasteiger partial charge < -0.3 is 10.8 Å². The third-order valence-corrected chi connectivity index (χ3v) is 3.44. The van der Waals surface area contributed by atoms with Gasteiger partial charge in [-0.05, 0) is 65.9 Å². The Hall–Kier alpha value is -0.540. The lowest BCUT2D eigenvalue weighted by atomic mass is 10.0. The number of aryl methyl sites for hydroxylation is 2. The second-order valence-electron chi connectivity index (χ2n) is 3.53. The minimum atomic E-state index is 0.363. The molecule has 0 aromatic heterocycles. The van der Waals surface area contributed by atoms with Gasteiger partial charge in [-0.1, -0.05) is 6.07 Å². The lowest BCUT2D eigenvalue weighted by Gasteiger charge is -2.11. The van der Waals surface area contributed by atoms with Crippen molar-refractivity contribution in [3.05, 3.63) is 27.2 Å². The Morgan fingerprint density at radius 3 is 2.64 bits per heavy atom. The first kappa shape index (κ1) is 11.5. The van der Waals surface area contributed by atoms with Crippen LogP contribution in [0.5, 0.6) is 5.75 Å². The first-order chi connectivity index (χ1) is 6.57. The number of hydrogen-bond acceptors (Lipinski definition) is 2. The van der Waals surface area contributed by atoms with E-state index in [1.807, 2.05) is 19.9 Å². The molecule has 0 unspecified atom stereocenters. The second-order valence-corrected chi connectivity index (χ2v) is 4.33. The molecular formula is C11H16BrNO. The molecule has 78 valence electrons. The van der Waals surface area contributed by atoms with Gasteiger partial charge in [-0.3, -0.25) is 0 Å². The monoisotopic (exact) mass is 257 g/mol. The van der Waals surface area contributed by atoms with Crippen molar-refractivity contribution in [2.24, 2.45) is 5.73 Å². The van der Waals surface area contributed by atoms with E-state index in [4.69, 9.17) is 5.73 Å². The summed E-state index contributed by atoms with van der Waals surface area (Å²) in [7, 11) is 0. The number of rotatable bonds is 3. The van der Waals surface area contributed by atoms with Crippen LogP contribution < -0.4 is 5.73 Å². The molecule has 0 saturated heterocycles. The van der Waals surface area contributed by atoms with Gasteiger partial charge in [0.05, 0.1) is 4.47 Å². The fourth-order valence-electron chi connectivity index (χ4n) is 1.41. The van der Waals surface area contributed by atoms with Crippen LogP contribution in [-0.4, -0.2) is 11.7 Å². The molecule has 0 heterocycles. The zero-order chi connectivity index (χ0) is 10.7. The highest BCUT2D eigenvalue weighted by atomic mass is 79.9. The predicted octanol–water partition coefficient (Wildman–Crippen LogP) is 2.66. The van der Waals surface area contributed by atoms with E-state index in [0.717, 1.165) is 28.4 Å². The van der Waals surface area contributed by atoms with Crippen LogP contribution in [0.1, 0.15) is 23.1 Å². The third kappa shape index (κ3) is 2.28. The summed E-state index contributed by atoms with van der Waals surface area (Å²) in [4.78, 5) is 0. The molecule has 3 heteroatoms. The molecule has 0 fully saturated rings. The largest absolute Gasteiger partial charge is 0.506 e. The number of phenolic OH excluding ortho intramolecular Hbond substituents is 1. The first-order valence-corrected chi connectivity index (χ1v) is 5.54. The summed E-state index contributed by atoms with van der Waals surface area (Å²) in [5, 5.41) is 9.84. The van der Waals surface area contributed by atoms with E-state index in [0.29, 0.717) is 12.3 Å². The zero-order valence-electron chi connectivity index (χ0n) is 8.60. The number of halogens is 1. The number of phenols is 1. The molecule has 0 atom stereocenters. The number of nitrogens with two attached hydrogens (primary N) is 1. The van der Waals surface area contributed by atoms with Crippen LogP contribution in [0.2, 0.25) is 0 Å². The maximum atomic E-state index is 9.84. The molecule has 0 spiro atoms. The van der Waals surface area contributed by atoms with E-state index in [2.05, 4.69) is 15.9 Å². The highest BCUT2D eigenvalue weighted by Gasteiger charge is 2.09. The van der Waals surface area contributed by atoms with E-state index in [-0.39, 0.29) is 0 Å². The quantitative estimate of drug-likeness (QED) is 0.875. The summed E-state index contributed by atoms with van der Waals surface area (Å²) in [5.41, 5.74) is 8.71. The van der Waals surface area contributed by atoms with Gasteiger partial charge in [0.2, 0.25) is 0 Å². The normalized spacial score (nSPS) is 10.6. The molecule has 1 rings (SSSR count). The average molecular weight is 258 g/mol. The molecule has 0 saturated carbocycles. The topological polar surface area (TPSA) is 46.2 Å². The van der Waals surface area contributed by atoms with Gasteiger partial charge in [-0.25, -0.2) is 0 Å². The standard InChI is InChI=1S/C11H16BrNO/c1-7-6-9(4-3-5-13)11(14)10(12)8(7)2/h6,14H,3-5,13H2,1-2H3. The number of benzene rings is 1. The van der Waals surface area contributed by atoms with Gasteiger partial charge >= 0.3 is 0 Å². The number of hydrogen-bond donors (Lipinski definition) is 2. The fourth-order valence-corrected chi connectivity index (χ4v) is 1.98. The van der Waals surface area contributed by atoms with Crippen LogP contribution >= 0.6 is 15.9 Å². The van der Waals surface area contributed by atoms with Crippen molar-refractivity contribution in [3.63, 3.8) is 0 Å². The summed E-state index contributed by atoms with van der Waals surface area (Å²) < 4.78 is 0.810. The molecule has 0 bridgehead atoms. The van der Waals surface area contributed by atoms with Crippen molar-refractivity contribution in [2.75, 3.05) is 6.54 Å². The Kier molecular flexibility index (Phi) is 3.96. The number of aromatic hydroxyl groups is 1. The van der Waals surface area contributed by atoms with Gasteiger partial charge in [0.15, 0.2) is 0 Å². The molecule has 0 aliphatic rings. The first-order valence-electron chi connectivity index (χ1n) is 4.75. The van der Waals surface area contributed by atoms with Crippen LogP contribution in [-0.2, 0) is 6.42 Å². The maximum Gasteiger partial charge on any atom is 0.133 e. The highest BCUT2D eigenvalue weighted by molar-refractivity contribution is 9.10. The SMILES string of the molecule is Cc1cc(CCCN)c(O)c(Br)c1C. The summed E-state index contributed by atoms with van der Waals surface area (Å²) >= 11 is 3.39.